The molecule has 0 saturated carbocycles. The Kier molecular flexibility index (Phi) is 4.14. The van der Waals surface area contributed by atoms with Crippen molar-refractivity contribution in [1.29, 1.82) is 0 Å². The lowest BCUT2D eigenvalue weighted by Crippen LogP contribution is -2.42. The number of halogens is 1. The number of thiophene rings is 1. The van der Waals surface area contributed by atoms with Gasteiger partial charge in [0.1, 0.15) is 10.0 Å². The molecule has 2 aromatic rings. The largest absolute Gasteiger partial charge is 0.368 e. The molecule has 0 bridgehead atoms. The Hall–Kier alpha value is -0.530. The van der Waals surface area contributed by atoms with E-state index in [-0.39, 0.29) is 12.2 Å². The van der Waals surface area contributed by atoms with Gasteiger partial charge in [0.2, 0.25) is 0 Å². The van der Waals surface area contributed by atoms with Gasteiger partial charge in [-0.3, -0.25) is 4.90 Å². The van der Waals surface area contributed by atoms with Crippen LogP contribution in [-0.4, -0.2) is 33.7 Å². The third-order valence-corrected chi connectivity index (χ3v) is 4.82. The highest BCUT2D eigenvalue weighted by atomic mass is 35.5. The van der Waals surface area contributed by atoms with E-state index in [2.05, 4.69) is 38.2 Å². The zero-order valence-electron chi connectivity index (χ0n) is 10.5. The molecule has 3 rings (SSSR count). The minimum atomic E-state index is 0.139. The van der Waals surface area contributed by atoms with Crippen molar-refractivity contribution in [2.75, 3.05) is 13.1 Å². The van der Waals surface area contributed by atoms with Crippen LogP contribution in [0.1, 0.15) is 24.3 Å². The van der Waals surface area contributed by atoms with Crippen LogP contribution in [0.2, 0.25) is 4.34 Å². The average molecular weight is 316 g/mol. The van der Waals surface area contributed by atoms with E-state index in [4.69, 9.17) is 16.3 Å². The molecule has 0 amide bonds. The Balaban J connectivity index is 1.70. The molecule has 0 spiro atoms. The molecular weight excluding hydrogens is 302 g/mol. The van der Waals surface area contributed by atoms with E-state index in [9.17, 15) is 0 Å². The van der Waals surface area contributed by atoms with Crippen LogP contribution in [0.3, 0.4) is 0 Å². The summed E-state index contributed by atoms with van der Waals surface area (Å²) >= 11 is 9.01. The van der Waals surface area contributed by atoms with Gasteiger partial charge in [-0.15, -0.1) is 5.10 Å². The van der Waals surface area contributed by atoms with Crippen molar-refractivity contribution in [3.05, 3.63) is 32.4 Å². The summed E-state index contributed by atoms with van der Waals surface area (Å²) in [4.78, 5) is 2.33. The highest BCUT2D eigenvalue weighted by Crippen LogP contribution is 2.28. The summed E-state index contributed by atoms with van der Waals surface area (Å²) in [5.41, 5.74) is 2.12. The van der Waals surface area contributed by atoms with Crippen molar-refractivity contribution in [2.24, 2.45) is 0 Å². The lowest BCUT2D eigenvalue weighted by atomic mass is 10.1. The van der Waals surface area contributed by atoms with E-state index in [1.807, 2.05) is 0 Å². The first-order valence-corrected chi connectivity index (χ1v) is 8.18. The van der Waals surface area contributed by atoms with Gasteiger partial charge in [-0.05, 0) is 29.3 Å². The topological polar surface area (TPSA) is 38.2 Å². The Morgan fingerprint density at radius 3 is 3.11 bits per heavy atom. The molecule has 1 aliphatic rings. The lowest BCUT2D eigenvalue weighted by Gasteiger charge is -2.36. The van der Waals surface area contributed by atoms with E-state index in [0.29, 0.717) is 4.34 Å². The highest BCUT2D eigenvalue weighted by Gasteiger charge is 2.27. The molecule has 1 fully saturated rings. The molecule has 0 aliphatic carbocycles. The summed E-state index contributed by atoms with van der Waals surface area (Å²) < 4.78 is 10.6. The van der Waals surface area contributed by atoms with Gasteiger partial charge in [0.25, 0.3) is 0 Å². The molecule has 0 aromatic carbocycles. The molecule has 0 N–H and O–H groups in total. The number of morpholine rings is 1. The van der Waals surface area contributed by atoms with Crippen LogP contribution in [0.4, 0.5) is 0 Å². The molecule has 2 aromatic heterocycles. The predicted molar refractivity (Wildman–Crippen MR) is 77.8 cm³/mol. The Bertz CT molecular complexity index is 531. The minimum absolute atomic E-state index is 0.139. The first-order chi connectivity index (χ1) is 9.22. The molecule has 1 aliphatic heterocycles. The number of hydrogen-bond donors (Lipinski definition) is 0. The maximum absolute atomic E-state index is 6.07. The van der Waals surface area contributed by atoms with Gasteiger partial charge in [0, 0.05) is 31.2 Å². The fourth-order valence-corrected chi connectivity index (χ4v) is 3.63. The molecule has 3 heterocycles. The van der Waals surface area contributed by atoms with Crippen LogP contribution >= 0.6 is 34.5 Å². The quantitative estimate of drug-likeness (QED) is 0.871. The van der Waals surface area contributed by atoms with E-state index < -0.39 is 0 Å². The summed E-state index contributed by atoms with van der Waals surface area (Å²) in [5.74, 6) is 0. The highest BCUT2D eigenvalue weighted by molar-refractivity contribution is 7.10. The fourth-order valence-electron chi connectivity index (χ4n) is 2.31. The van der Waals surface area contributed by atoms with Crippen LogP contribution < -0.4 is 0 Å². The van der Waals surface area contributed by atoms with Crippen molar-refractivity contribution in [2.45, 2.75) is 25.7 Å². The van der Waals surface area contributed by atoms with Gasteiger partial charge in [0.15, 0.2) is 0 Å². The predicted octanol–water partition coefficient (Wildman–Crippen LogP) is 3.22. The van der Waals surface area contributed by atoms with Gasteiger partial charge in [-0.2, -0.15) is 11.3 Å². The Morgan fingerprint density at radius 2 is 2.42 bits per heavy atom. The maximum atomic E-state index is 6.07. The van der Waals surface area contributed by atoms with Crippen LogP contribution in [0.5, 0.6) is 0 Å². The normalized spacial score (nSPS) is 24.7. The van der Waals surface area contributed by atoms with Crippen molar-refractivity contribution in [3.8, 4) is 0 Å². The lowest BCUT2D eigenvalue weighted by molar-refractivity contribution is -0.0815. The Morgan fingerprint density at radius 1 is 1.53 bits per heavy atom. The molecule has 102 valence electrons. The zero-order chi connectivity index (χ0) is 13.2. The standard InChI is InChI=1S/C12H14ClN3OS2/c1-8-4-16(5-10-12(13)19-15-14-10)6-11(17-8)9-2-3-18-7-9/h2-3,7-8,11H,4-6H2,1H3/t8-,11+/m0/s1. The summed E-state index contributed by atoms with van der Waals surface area (Å²) in [6, 6.07) is 2.13. The molecule has 0 radical (unpaired) electrons. The van der Waals surface area contributed by atoms with Crippen molar-refractivity contribution < 1.29 is 4.74 Å². The molecule has 19 heavy (non-hydrogen) atoms. The number of hydrogen-bond acceptors (Lipinski definition) is 6. The van der Waals surface area contributed by atoms with E-state index >= 15 is 0 Å². The summed E-state index contributed by atoms with van der Waals surface area (Å²) in [6.45, 7) is 4.61. The number of aromatic nitrogens is 2. The summed E-state index contributed by atoms with van der Waals surface area (Å²) in [6.07, 6.45) is 0.351. The minimum Gasteiger partial charge on any atom is -0.368 e. The summed E-state index contributed by atoms with van der Waals surface area (Å²) in [5, 5.41) is 8.32. The number of ether oxygens (including phenoxy) is 1. The fraction of sp³-hybridized carbons (Fsp3) is 0.500. The molecule has 0 unspecified atom stereocenters. The maximum Gasteiger partial charge on any atom is 0.138 e. The first-order valence-electron chi connectivity index (χ1n) is 6.09. The molecule has 7 heteroatoms. The van der Waals surface area contributed by atoms with Gasteiger partial charge in [-0.25, -0.2) is 0 Å². The first kappa shape index (κ1) is 13.5. The summed E-state index contributed by atoms with van der Waals surface area (Å²) in [7, 11) is 0. The van der Waals surface area contributed by atoms with Crippen LogP contribution in [0.15, 0.2) is 16.8 Å². The van der Waals surface area contributed by atoms with Crippen LogP contribution in [0, 0.1) is 0 Å². The second kappa shape index (κ2) is 5.85. The van der Waals surface area contributed by atoms with Crippen LogP contribution in [-0.2, 0) is 11.3 Å². The molecule has 2 atom stereocenters. The second-order valence-electron chi connectivity index (χ2n) is 4.68. The van der Waals surface area contributed by atoms with Gasteiger partial charge >= 0.3 is 0 Å². The number of nitrogens with zero attached hydrogens (tertiary/aromatic N) is 3. The van der Waals surface area contributed by atoms with E-state index in [1.54, 1.807) is 11.3 Å². The van der Waals surface area contributed by atoms with E-state index in [1.165, 1.54) is 17.1 Å². The third kappa shape index (κ3) is 3.14. The molecule has 4 nitrogen and oxygen atoms in total. The van der Waals surface area contributed by atoms with Gasteiger partial charge in [0.05, 0.1) is 12.2 Å². The van der Waals surface area contributed by atoms with Crippen molar-refractivity contribution >= 4 is 34.5 Å². The van der Waals surface area contributed by atoms with Gasteiger partial charge in [-0.1, -0.05) is 16.1 Å². The monoisotopic (exact) mass is 315 g/mol. The van der Waals surface area contributed by atoms with E-state index in [0.717, 1.165) is 25.3 Å². The van der Waals surface area contributed by atoms with Gasteiger partial charge < -0.3 is 4.74 Å². The van der Waals surface area contributed by atoms with Crippen molar-refractivity contribution in [3.63, 3.8) is 0 Å². The number of rotatable bonds is 3. The average Bonchev–Trinajstić information content (AvgIpc) is 3.01. The smallest absolute Gasteiger partial charge is 0.138 e. The van der Waals surface area contributed by atoms with Crippen molar-refractivity contribution in [1.82, 2.24) is 14.5 Å². The van der Waals surface area contributed by atoms with Crippen LogP contribution in [0.25, 0.3) is 0 Å². The zero-order valence-corrected chi connectivity index (χ0v) is 12.8. The third-order valence-electron chi connectivity index (χ3n) is 3.13. The SMILES string of the molecule is C[C@H]1CN(Cc2nnsc2Cl)C[C@H](c2ccsc2)O1. The molecule has 1 saturated heterocycles. The molecular formula is C12H14ClN3OS2. The Labute approximate surface area is 125 Å². The second-order valence-corrected chi connectivity index (χ2v) is 6.82.